The van der Waals surface area contributed by atoms with Crippen LogP contribution in [0.5, 0.6) is 5.75 Å². The zero-order valence-electron chi connectivity index (χ0n) is 22.7. The number of anilines is 4. The van der Waals surface area contributed by atoms with E-state index in [-0.39, 0.29) is 11.8 Å². The molecule has 1 aromatic heterocycles. The number of amides is 2. The van der Waals surface area contributed by atoms with Gasteiger partial charge in [0.25, 0.3) is 5.91 Å². The number of hydrogen-bond donors (Lipinski definition) is 2. The van der Waals surface area contributed by atoms with Crippen LogP contribution in [0.2, 0.25) is 0 Å². The van der Waals surface area contributed by atoms with E-state index in [1.54, 1.807) is 24.1 Å². The van der Waals surface area contributed by atoms with Crippen molar-refractivity contribution in [2.75, 3.05) is 62.1 Å². The minimum Gasteiger partial charge on any atom is -0.495 e. The van der Waals surface area contributed by atoms with Gasteiger partial charge in [-0.25, -0.2) is 9.99 Å². The van der Waals surface area contributed by atoms with E-state index in [2.05, 4.69) is 15.6 Å². The Bertz CT molecular complexity index is 1190. The van der Waals surface area contributed by atoms with Crippen LogP contribution >= 0.6 is 0 Å². The Morgan fingerprint density at radius 1 is 1.13 bits per heavy atom. The Morgan fingerprint density at radius 3 is 2.58 bits per heavy atom. The van der Waals surface area contributed by atoms with Crippen molar-refractivity contribution in [3.63, 3.8) is 0 Å². The standard InChI is InChI=1S/C28H38N6O4/c1-28(2)18-34(20-7-5-6-8-20)25-22(32(3)27(28)36)11-12-24(30-25)29-21-10-9-19(17-23(21)37-4)26(35)31-33-13-15-38-16-14-33/h9-12,17,20H,5-8,13-16,18H2,1-4H3,(H,29,30)(H,31,35). The molecule has 0 bridgehead atoms. The maximum atomic E-state index is 13.3. The van der Waals surface area contributed by atoms with E-state index < -0.39 is 5.41 Å². The Hall–Kier alpha value is -3.37. The molecule has 1 aromatic carbocycles. The highest BCUT2D eigenvalue weighted by molar-refractivity contribution is 6.01. The molecule has 3 heterocycles. The average molecular weight is 523 g/mol. The number of nitrogens with zero attached hydrogens (tertiary/aromatic N) is 4. The number of rotatable bonds is 6. The molecule has 204 valence electrons. The summed E-state index contributed by atoms with van der Waals surface area (Å²) in [7, 11) is 3.42. The molecule has 1 aliphatic carbocycles. The molecule has 2 aliphatic heterocycles. The highest BCUT2D eigenvalue weighted by Gasteiger charge is 2.41. The summed E-state index contributed by atoms with van der Waals surface area (Å²) < 4.78 is 11.0. The minimum absolute atomic E-state index is 0.0920. The lowest BCUT2D eigenvalue weighted by atomic mass is 9.91. The highest BCUT2D eigenvalue weighted by atomic mass is 16.5. The highest BCUT2D eigenvalue weighted by Crippen LogP contribution is 2.41. The van der Waals surface area contributed by atoms with Gasteiger partial charge in [0.05, 0.1) is 37.1 Å². The molecular weight excluding hydrogens is 484 g/mol. The van der Waals surface area contributed by atoms with Gasteiger partial charge in [-0.15, -0.1) is 0 Å². The number of carbonyl (C=O) groups excluding carboxylic acids is 2. The molecule has 1 saturated heterocycles. The molecule has 0 spiro atoms. The minimum atomic E-state index is -0.521. The van der Waals surface area contributed by atoms with Crippen molar-refractivity contribution in [2.24, 2.45) is 5.41 Å². The van der Waals surface area contributed by atoms with Gasteiger partial charge in [-0.05, 0) is 57.0 Å². The van der Waals surface area contributed by atoms with Gasteiger partial charge < -0.3 is 24.6 Å². The van der Waals surface area contributed by atoms with Crippen molar-refractivity contribution in [1.82, 2.24) is 15.4 Å². The number of methoxy groups -OCH3 is 1. The van der Waals surface area contributed by atoms with Gasteiger partial charge in [-0.1, -0.05) is 12.8 Å². The third kappa shape index (κ3) is 5.28. The third-order valence-electron chi connectivity index (χ3n) is 7.70. The number of hydrogen-bond acceptors (Lipinski definition) is 8. The van der Waals surface area contributed by atoms with Crippen molar-refractivity contribution in [3.8, 4) is 5.75 Å². The van der Waals surface area contributed by atoms with Crippen LogP contribution in [0.1, 0.15) is 49.9 Å². The molecule has 38 heavy (non-hydrogen) atoms. The summed E-state index contributed by atoms with van der Waals surface area (Å²) in [4.78, 5) is 35.2. The zero-order valence-corrected chi connectivity index (χ0v) is 22.7. The normalized spacial score (nSPS) is 20.2. The first-order chi connectivity index (χ1) is 18.3. The summed E-state index contributed by atoms with van der Waals surface area (Å²) in [6.07, 6.45) is 4.60. The second-order valence-electron chi connectivity index (χ2n) is 10.9. The quantitative estimate of drug-likeness (QED) is 0.594. The number of nitrogens with one attached hydrogen (secondary N) is 2. The first kappa shape index (κ1) is 26.2. The van der Waals surface area contributed by atoms with Crippen LogP contribution in [0.15, 0.2) is 30.3 Å². The molecule has 2 N–H and O–H groups in total. The number of aromatic nitrogens is 1. The maximum absolute atomic E-state index is 13.3. The molecule has 1 saturated carbocycles. The Balaban J connectivity index is 1.41. The molecule has 0 atom stereocenters. The molecule has 10 heteroatoms. The van der Waals surface area contributed by atoms with Gasteiger partial charge in [-0.3, -0.25) is 15.0 Å². The van der Waals surface area contributed by atoms with Crippen LogP contribution in [0.25, 0.3) is 0 Å². The smallest absolute Gasteiger partial charge is 0.265 e. The molecule has 0 unspecified atom stereocenters. The van der Waals surface area contributed by atoms with Crippen LogP contribution in [-0.2, 0) is 9.53 Å². The monoisotopic (exact) mass is 522 g/mol. The van der Waals surface area contributed by atoms with Gasteiger partial charge in [0.2, 0.25) is 5.91 Å². The molecule has 3 aliphatic rings. The first-order valence-corrected chi connectivity index (χ1v) is 13.4. The molecular formula is C28H38N6O4. The van der Waals surface area contributed by atoms with E-state index in [1.165, 1.54) is 12.8 Å². The summed E-state index contributed by atoms with van der Waals surface area (Å²) in [6, 6.07) is 9.53. The molecule has 2 amide bonds. The van der Waals surface area contributed by atoms with Crippen LogP contribution in [0, 0.1) is 5.41 Å². The molecule has 0 radical (unpaired) electrons. The second kappa shape index (κ2) is 10.8. The van der Waals surface area contributed by atoms with Crippen molar-refractivity contribution >= 4 is 34.8 Å². The Morgan fingerprint density at radius 2 is 1.87 bits per heavy atom. The molecule has 10 nitrogen and oxygen atoms in total. The summed E-state index contributed by atoms with van der Waals surface area (Å²) in [5, 5.41) is 5.24. The van der Waals surface area contributed by atoms with E-state index in [9.17, 15) is 9.59 Å². The molecule has 2 aromatic rings. The summed E-state index contributed by atoms with van der Waals surface area (Å²) in [5.74, 6) is 1.91. The number of hydrazine groups is 1. The lowest BCUT2D eigenvalue weighted by molar-refractivity contribution is -0.125. The van der Waals surface area contributed by atoms with Crippen LogP contribution < -0.4 is 25.3 Å². The van der Waals surface area contributed by atoms with Crippen molar-refractivity contribution in [2.45, 2.75) is 45.6 Å². The third-order valence-corrected chi connectivity index (χ3v) is 7.70. The zero-order chi connectivity index (χ0) is 26.9. The fourth-order valence-electron chi connectivity index (χ4n) is 5.59. The van der Waals surface area contributed by atoms with Gasteiger partial charge in [0.1, 0.15) is 11.6 Å². The number of carbonyl (C=O) groups is 2. The van der Waals surface area contributed by atoms with E-state index >= 15 is 0 Å². The number of fused-ring (bicyclic) bond motifs is 1. The summed E-state index contributed by atoms with van der Waals surface area (Å²) in [5.41, 5.74) is 4.43. The summed E-state index contributed by atoms with van der Waals surface area (Å²) >= 11 is 0. The fourth-order valence-corrected chi connectivity index (χ4v) is 5.59. The van der Waals surface area contributed by atoms with Crippen molar-refractivity contribution in [1.29, 1.82) is 0 Å². The van der Waals surface area contributed by atoms with E-state index in [1.807, 2.05) is 44.1 Å². The lowest BCUT2D eigenvalue weighted by Gasteiger charge is -2.34. The number of ether oxygens (including phenoxy) is 2. The lowest BCUT2D eigenvalue weighted by Crippen LogP contribution is -2.48. The van der Waals surface area contributed by atoms with Crippen LogP contribution in [0.3, 0.4) is 0 Å². The molecule has 5 rings (SSSR count). The Kier molecular flexibility index (Phi) is 7.45. The van der Waals surface area contributed by atoms with Crippen molar-refractivity contribution < 1.29 is 19.1 Å². The maximum Gasteiger partial charge on any atom is 0.265 e. The second-order valence-corrected chi connectivity index (χ2v) is 10.9. The Labute approximate surface area is 224 Å². The SMILES string of the molecule is COc1cc(C(=O)NN2CCOCC2)ccc1Nc1ccc2c(n1)N(C1CCCC1)CC(C)(C)C(=O)N2C. The van der Waals surface area contributed by atoms with Crippen molar-refractivity contribution in [3.05, 3.63) is 35.9 Å². The first-order valence-electron chi connectivity index (χ1n) is 13.4. The summed E-state index contributed by atoms with van der Waals surface area (Å²) in [6.45, 7) is 7.16. The van der Waals surface area contributed by atoms with Gasteiger partial charge >= 0.3 is 0 Å². The fraction of sp³-hybridized carbons (Fsp3) is 0.536. The van der Waals surface area contributed by atoms with Gasteiger partial charge in [-0.2, -0.15) is 0 Å². The van der Waals surface area contributed by atoms with Gasteiger partial charge in [0.15, 0.2) is 5.82 Å². The topological polar surface area (TPSA) is 99.3 Å². The molecule has 2 fully saturated rings. The number of benzene rings is 1. The van der Waals surface area contributed by atoms with E-state index in [4.69, 9.17) is 14.5 Å². The van der Waals surface area contributed by atoms with Crippen LogP contribution in [-0.4, -0.2) is 74.9 Å². The predicted octanol–water partition coefficient (Wildman–Crippen LogP) is 3.56. The van der Waals surface area contributed by atoms with E-state index in [0.717, 1.165) is 24.3 Å². The van der Waals surface area contributed by atoms with Crippen LogP contribution in [0.4, 0.5) is 23.0 Å². The largest absolute Gasteiger partial charge is 0.495 e. The van der Waals surface area contributed by atoms with E-state index in [0.29, 0.717) is 61.7 Å². The number of morpholine rings is 1. The average Bonchev–Trinajstić information content (AvgIpc) is 3.44. The van der Waals surface area contributed by atoms with Gasteiger partial charge in [0, 0.05) is 38.3 Å². The number of pyridine rings is 1. The predicted molar refractivity (Wildman–Crippen MR) is 147 cm³/mol.